The van der Waals surface area contributed by atoms with Gasteiger partial charge in [0, 0.05) is 28.3 Å². The van der Waals surface area contributed by atoms with Gasteiger partial charge in [0.15, 0.2) is 5.76 Å². The standard InChI is InChI=1S/C28H24ClN3O5/c29-23-12-10-20(11-13-23)25-16-31-27(37-25)24(5-2-14-30-28(35)36)32-26(34)22-4-1-3-21(15-22)19-8-6-18(17-33)7-9-19/h1,3-4,6-13,15-17,24,30H,2,5,14H2,(H,32,34)(H,35,36)/t24-/m0/s1. The highest BCUT2D eigenvalue weighted by atomic mass is 35.5. The van der Waals surface area contributed by atoms with Crippen LogP contribution in [0.1, 0.15) is 45.5 Å². The van der Waals surface area contributed by atoms with Crippen LogP contribution in [0.3, 0.4) is 0 Å². The van der Waals surface area contributed by atoms with Crippen LogP contribution in [0.5, 0.6) is 0 Å². The van der Waals surface area contributed by atoms with E-state index >= 15 is 0 Å². The van der Waals surface area contributed by atoms with Crippen molar-refractivity contribution in [3.63, 3.8) is 0 Å². The van der Waals surface area contributed by atoms with Crippen LogP contribution >= 0.6 is 11.6 Å². The molecule has 37 heavy (non-hydrogen) atoms. The lowest BCUT2D eigenvalue weighted by Gasteiger charge is -2.16. The summed E-state index contributed by atoms with van der Waals surface area (Å²) in [6.07, 6.45) is 2.11. The lowest BCUT2D eigenvalue weighted by molar-refractivity contribution is 0.0926. The van der Waals surface area contributed by atoms with E-state index in [1.54, 1.807) is 48.7 Å². The van der Waals surface area contributed by atoms with Crippen LogP contribution in [0.2, 0.25) is 5.02 Å². The Bertz CT molecular complexity index is 1380. The molecule has 3 N–H and O–H groups in total. The average molecular weight is 518 g/mol. The van der Waals surface area contributed by atoms with Gasteiger partial charge in [-0.25, -0.2) is 9.78 Å². The molecule has 4 aromatic rings. The first-order chi connectivity index (χ1) is 17.9. The summed E-state index contributed by atoms with van der Waals surface area (Å²) < 4.78 is 5.97. The van der Waals surface area contributed by atoms with Crippen LogP contribution in [-0.4, -0.2) is 34.9 Å². The Kier molecular flexibility index (Phi) is 8.33. The number of aldehydes is 1. The van der Waals surface area contributed by atoms with Gasteiger partial charge in [-0.05, 0) is 60.4 Å². The highest BCUT2D eigenvalue weighted by Crippen LogP contribution is 2.27. The number of carboxylic acid groups (broad SMARTS) is 1. The topological polar surface area (TPSA) is 122 Å². The van der Waals surface area contributed by atoms with Crippen LogP contribution in [0, 0.1) is 0 Å². The number of rotatable bonds is 10. The first-order valence-corrected chi connectivity index (χ1v) is 12.0. The van der Waals surface area contributed by atoms with Crippen LogP contribution in [-0.2, 0) is 0 Å². The molecule has 2 amide bonds. The van der Waals surface area contributed by atoms with Crippen molar-refractivity contribution in [2.75, 3.05) is 6.54 Å². The molecule has 188 valence electrons. The number of nitrogens with zero attached hydrogens (tertiary/aromatic N) is 1. The molecular formula is C28H24ClN3O5. The molecule has 0 aliphatic carbocycles. The number of aromatic nitrogens is 1. The molecule has 0 saturated heterocycles. The van der Waals surface area contributed by atoms with Crippen molar-refractivity contribution in [2.24, 2.45) is 0 Å². The lowest BCUT2D eigenvalue weighted by atomic mass is 10.0. The summed E-state index contributed by atoms with van der Waals surface area (Å²) in [5.41, 5.74) is 3.50. The maximum Gasteiger partial charge on any atom is 0.404 e. The largest absolute Gasteiger partial charge is 0.465 e. The molecule has 8 nitrogen and oxygen atoms in total. The minimum absolute atomic E-state index is 0.221. The molecule has 0 unspecified atom stereocenters. The monoisotopic (exact) mass is 517 g/mol. The summed E-state index contributed by atoms with van der Waals surface area (Å²) in [7, 11) is 0. The number of benzene rings is 3. The predicted octanol–water partition coefficient (Wildman–Crippen LogP) is 5.99. The number of oxazole rings is 1. The maximum atomic E-state index is 13.2. The van der Waals surface area contributed by atoms with Crippen molar-refractivity contribution in [1.29, 1.82) is 0 Å². The molecule has 1 heterocycles. The summed E-state index contributed by atoms with van der Waals surface area (Å²) >= 11 is 5.97. The van der Waals surface area contributed by atoms with Crippen molar-refractivity contribution in [1.82, 2.24) is 15.6 Å². The van der Waals surface area contributed by atoms with E-state index in [9.17, 15) is 14.4 Å². The molecule has 0 bridgehead atoms. The van der Waals surface area contributed by atoms with Gasteiger partial charge >= 0.3 is 6.09 Å². The van der Waals surface area contributed by atoms with Crippen molar-refractivity contribution < 1.29 is 23.9 Å². The van der Waals surface area contributed by atoms with E-state index in [2.05, 4.69) is 15.6 Å². The number of halogens is 1. The summed E-state index contributed by atoms with van der Waals surface area (Å²) in [5.74, 6) is 0.512. The zero-order valence-corrected chi connectivity index (χ0v) is 20.4. The fraction of sp³-hybridized carbons (Fsp3) is 0.143. The number of carbonyl (C=O) groups excluding carboxylic acids is 2. The highest BCUT2D eigenvalue weighted by molar-refractivity contribution is 6.30. The van der Waals surface area contributed by atoms with Crippen molar-refractivity contribution in [3.05, 3.63) is 101 Å². The van der Waals surface area contributed by atoms with Gasteiger partial charge in [-0.2, -0.15) is 0 Å². The second-order valence-corrected chi connectivity index (χ2v) is 8.73. The summed E-state index contributed by atoms with van der Waals surface area (Å²) in [4.78, 5) is 39.3. The first-order valence-electron chi connectivity index (χ1n) is 11.6. The van der Waals surface area contributed by atoms with Crippen LogP contribution in [0.25, 0.3) is 22.5 Å². The van der Waals surface area contributed by atoms with Gasteiger partial charge in [-0.15, -0.1) is 0 Å². The van der Waals surface area contributed by atoms with Crippen LogP contribution < -0.4 is 10.6 Å². The molecule has 1 aromatic heterocycles. The third-order valence-corrected chi connectivity index (χ3v) is 5.96. The van der Waals surface area contributed by atoms with Gasteiger partial charge in [0.05, 0.1) is 6.20 Å². The Balaban J connectivity index is 1.53. The predicted molar refractivity (Wildman–Crippen MR) is 140 cm³/mol. The SMILES string of the molecule is O=Cc1ccc(-c2cccc(C(=O)N[C@@H](CCCNC(=O)O)c3ncc(-c4ccc(Cl)cc4)o3)c2)cc1. The minimum atomic E-state index is -1.11. The van der Waals surface area contributed by atoms with Gasteiger partial charge in [0.25, 0.3) is 5.91 Å². The fourth-order valence-corrected chi connectivity index (χ4v) is 3.92. The van der Waals surface area contributed by atoms with E-state index in [1.165, 1.54) is 0 Å². The second-order valence-electron chi connectivity index (χ2n) is 8.29. The van der Waals surface area contributed by atoms with Crippen LogP contribution in [0.15, 0.2) is 83.4 Å². The minimum Gasteiger partial charge on any atom is -0.465 e. The zero-order chi connectivity index (χ0) is 26.2. The molecular weight excluding hydrogens is 494 g/mol. The Hall–Kier alpha value is -4.43. The summed E-state index contributed by atoms with van der Waals surface area (Å²) in [6.45, 7) is 0.221. The Morgan fingerprint density at radius 3 is 2.43 bits per heavy atom. The third kappa shape index (κ3) is 6.83. The molecule has 0 saturated carbocycles. The van der Waals surface area contributed by atoms with Gasteiger partial charge in [0.2, 0.25) is 5.89 Å². The van der Waals surface area contributed by atoms with Crippen molar-refractivity contribution in [3.8, 4) is 22.5 Å². The molecule has 0 aliphatic heterocycles. The first kappa shape index (κ1) is 25.7. The number of hydrogen-bond donors (Lipinski definition) is 3. The molecule has 0 aliphatic rings. The molecule has 9 heteroatoms. The Morgan fingerprint density at radius 1 is 1.00 bits per heavy atom. The molecule has 0 radical (unpaired) electrons. The van der Waals surface area contributed by atoms with Gasteiger partial charge in [-0.3, -0.25) is 9.59 Å². The normalized spacial score (nSPS) is 11.5. The maximum absolute atomic E-state index is 13.2. The smallest absolute Gasteiger partial charge is 0.404 e. The lowest BCUT2D eigenvalue weighted by Crippen LogP contribution is -2.30. The zero-order valence-electron chi connectivity index (χ0n) is 19.7. The quantitative estimate of drug-likeness (QED) is 0.175. The number of carbonyl (C=O) groups is 3. The van der Waals surface area contributed by atoms with Gasteiger partial charge in [-0.1, -0.05) is 48.0 Å². The molecule has 3 aromatic carbocycles. The summed E-state index contributed by atoms with van der Waals surface area (Å²) in [6, 6.07) is 20.8. The van der Waals surface area contributed by atoms with E-state index in [0.717, 1.165) is 23.0 Å². The fourth-order valence-electron chi connectivity index (χ4n) is 3.79. The number of hydrogen-bond acceptors (Lipinski definition) is 5. The van der Waals surface area contributed by atoms with E-state index in [4.69, 9.17) is 21.1 Å². The molecule has 1 atom stereocenters. The molecule has 0 fully saturated rings. The second kappa shape index (κ2) is 12.0. The number of amides is 2. The van der Waals surface area contributed by atoms with Crippen molar-refractivity contribution in [2.45, 2.75) is 18.9 Å². The van der Waals surface area contributed by atoms with Gasteiger partial charge < -0.3 is 20.2 Å². The molecule has 4 rings (SSSR count). The Morgan fingerprint density at radius 2 is 1.73 bits per heavy atom. The summed E-state index contributed by atoms with van der Waals surface area (Å²) in [5, 5.41) is 14.7. The number of nitrogens with one attached hydrogen (secondary N) is 2. The Labute approximate surface area is 218 Å². The van der Waals surface area contributed by atoms with Crippen molar-refractivity contribution >= 4 is 29.9 Å². The van der Waals surface area contributed by atoms with E-state index in [1.807, 2.05) is 30.3 Å². The van der Waals surface area contributed by atoms with E-state index in [-0.39, 0.29) is 12.5 Å². The molecule has 0 spiro atoms. The van der Waals surface area contributed by atoms with Gasteiger partial charge in [0.1, 0.15) is 12.3 Å². The van der Waals surface area contributed by atoms with Crippen LogP contribution in [0.4, 0.5) is 4.79 Å². The van der Waals surface area contributed by atoms with E-state index in [0.29, 0.717) is 40.6 Å². The van der Waals surface area contributed by atoms with E-state index < -0.39 is 12.1 Å². The third-order valence-electron chi connectivity index (χ3n) is 5.71. The highest BCUT2D eigenvalue weighted by Gasteiger charge is 2.21. The average Bonchev–Trinajstić information content (AvgIpc) is 3.41.